The van der Waals surface area contributed by atoms with Gasteiger partial charge in [0.1, 0.15) is 5.75 Å². The van der Waals surface area contributed by atoms with Crippen molar-refractivity contribution in [3.63, 3.8) is 0 Å². The molecule has 0 aliphatic rings. The summed E-state index contributed by atoms with van der Waals surface area (Å²) in [5, 5.41) is 21.7. The van der Waals surface area contributed by atoms with Crippen LogP contribution in [0.15, 0.2) is 42.5 Å². The van der Waals surface area contributed by atoms with Crippen molar-refractivity contribution in [3.05, 3.63) is 63.6 Å². The Morgan fingerprint density at radius 1 is 1.04 bits per heavy atom. The first-order chi connectivity index (χ1) is 10.9. The smallest absolute Gasteiger partial charge is 0.335 e. The zero-order valence-electron chi connectivity index (χ0n) is 11.6. The summed E-state index contributed by atoms with van der Waals surface area (Å²) in [6, 6.07) is 8.48. The summed E-state index contributed by atoms with van der Waals surface area (Å²) in [7, 11) is 0. The molecular weight excluding hydrogens is 341 g/mol. The molecule has 0 radical (unpaired) electrons. The Morgan fingerprint density at radius 2 is 1.78 bits per heavy atom. The third kappa shape index (κ3) is 4.48. The highest BCUT2D eigenvalue weighted by Gasteiger charge is 2.09. The lowest BCUT2D eigenvalue weighted by Crippen LogP contribution is -2.09. The summed E-state index contributed by atoms with van der Waals surface area (Å²) in [6.45, 7) is 0. The highest BCUT2D eigenvalue weighted by atomic mass is 35.5. The minimum Gasteiger partial charge on any atom is -0.506 e. The maximum atomic E-state index is 11.9. The number of aromatic carboxylic acids is 1. The van der Waals surface area contributed by atoms with E-state index in [9.17, 15) is 14.7 Å². The molecule has 3 N–H and O–H groups in total. The number of nitrogens with one attached hydrogen (secondary N) is 1. The van der Waals surface area contributed by atoms with Crippen molar-refractivity contribution in [2.75, 3.05) is 5.32 Å². The SMILES string of the molecule is O=C(/C=C/c1ccc(Cl)c(Cl)c1)Nc1cc(C(=O)O)ccc1O. The molecule has 0 unspecified atom stereocenters. The molecule has 2 aromatic carbocycles. The van der Waals surface area contributed by atoms with Crippen LogP contribution < -0.4 is 5.32 Å². The molecule has 2 aromatic rings. The molecule has 0 aliphatic carbocycles. The molecule has 0 heterocycles. The van der Waals surface area contributed by atoms with Gasteiger partial charge in [0.05, 0.1) is 21.3 Å². The average Bonchev–Trinajstić information content (AvgIpc) is 2.50. The summed E-state index contributed by atoms with van der Waals surface area (Å²) in [6.07, 6.45) is 2.74. The molecule has 0 saturated carbocycles. The Bertz CT molecular complexity index is 803. The molecule has 23 heavy (non-hydrogen) atoms. The van der Waals surface area contributed by atoms with Gasteiger partial charge in [-0.05, 0) is 42.0 Å². The minimum absolute atomic E-state index is 0.00804. The Hall–Kier alpha value is -2.50. The Balaban J connectivity index is 2.13. The first-order valence-electron chi connectivity index (χ1n) is 6.37. The van der Waals surface area contributed by atoms with Crippen LogP contribution in [0.2, 0.25) is 10.0 Å². The number of benzene rings is 2. The van der Waals surface area contributed by atoms with Gasteiger partial charge in [0.15, 0.2) is 0 Å². The van der Waals surface area contributed by atoms with E-state index in [-0.39, 0.29) is 17.0 Å². The van der Waals surface area contributed by atoms with E-state index >= 15 is 0 Å². The van der Waals surface area contributed by atoms with Gasteiger partial charge in [0.25, 0.3) is 0 Å². The largest absolute Gasteiger partial charge is 0.506 e. The normalized spacial score (nSPS) is 10.7. The van der Waals surface area contributed by atoms with Gasteiger partial charge < -0.3 is 15.5 Å². The molecule has 0 aromatic heterocycles. The van der Waals surface area contributed by atoms with Crippen LogP contribution in [0.3, 0.4) is 0 Å². The van der Waals surface area contributed by atoms with Crippen LogP contribution >= 0.6 is 23.2 Å². The highest BCUT2D eigenvalue weighted by Crippen LogP contribution is 2.25. The van der Waals surface area contributed by atoms with Crippen LogP contribution in [0.1, 0.15) is 15.9 Å². The lowest BCUT2D eigenvalue weighted by atomic mass is 10.2. The summed E-state index contributed by atoms with van der Waals surface area (Å²) in [5.41, 5.74) is 0.623. The van der Waals surface area contributed by atoms with Crippen LogP contribution in [0.25, 0.3) is 6.08 Å². The fourth-order valence-electron chi connectivity index (χ4n) is 1.73. The van der Waals surface area contributed by atoms with E-state index in [1.54, 1.807) is 18.2 Å². The van der Waals surface area contributed by atoms with E-state index in [1.807, 2.05) is 0 Å². The second-order valence-electron chi connectivity index (χ2n) is 4.53. The van der Waals surface area contributed by atoms with Crippen LogP contribution in [0.5, 0.6) is 5.75 Å². The predicted molar refractivity (Wildman–Crippen MR) is 89.2 cm³/mol. The number of rotatable bonds is 4. The van der Waals surface area contributed by atoms with E-state index in [0.717, 1.165) is 0 Å². The summed E-state index contributed by atoms with van der Waals surface area (Å²) in [5.74, 6) is -1.92. The fourth-order valence-corrected chi connectivity index (χ4v) is 2.04. The lowest BCUT2D eigenvalue weighted by Gasteiger charge is -2.06. The summed E-state index contributed by atoms with van der Waals surface area (Å²) < 4.78 is 0. The summed E-state index contributed by atoms with van der Waals surface area (Å²) in [4.78, 5) is 22.7. The van der Waals surface area contributed by atoms with Crippen molar-refractivity contribution in [2.45, 2.75) is 0 Å². The van der Waals surface area contributed by atoms with Gasteiger partial charge in [0, 0.05) is 6.08 Å². The standard InChI is InChI=1S/C16H11Cl2NO4/c17-11-4-1-9(7-12(11)18)2-6-15(21)19-13-8-10(16(22)23)3-5-14(13)20/h1-8,20H,(H,19,21)(H,22,23)/b6-2+. The number of carboxylic acids is 1. The number of hydrogen-bond acceptors (Lipinski definition) is 3. The van der Waals surface area contributed by atoms with Crippen molar-refractivity contribution in [2.24, 2.45) is 0 Å². The van der Waals surface area contributed by atoms with E-state index < -0.39 is 11.9 Å². The number of aromatic hydroxyl groups is 1. The predicted octanol–water partition coefficient (Wildman–Crippen LogP) is 4.05. The number of phenolic OH excluding ortho intramolecular Hbond substituents is 1. The van der Waals surface area contributed by atoms with Gasteiger partial charge in [-0.25, -0.2) is 4.79 Å². The third-order valence-corrected chi connectivity index (χ3v) is 3.61. The van der Waals surface area contributed by atoms with Gasteiger partial charge in [-0.2, -0.15) is 0 Å². The quantitative estimate of drug-likeness (QED) is 0.572. The first-order valence-corrected chi connectivity index (χ1v) is 7.13. The molecule has 7 heteroatoms. The fraction of sp³-hybridized carbons (Fsp3) is 0. The van der Waals surface area contributed by atoms with Crippen molar-refractivity contribution < 1.29 is 19.8 Å². The lowest BCUT2D eigenvalue weighted by molar-refractivity contribution is -0.111. The Morgan fingerprint density at radius 3 is 2.43 bits per heavy atom. The molecule has 1 amide bonds. The van der Waals surface area contributed by atoms with Crippen LogP contribution in [-0.4, -0.2) is 22.1 Å². The van der Waals surface area contributed by atoms with E-state index in [0.29, 0.717) is 15.6 Å². The number of carbonyl (C=O) groups is 2. The molecule has 0 spiro atoms. The van der Waals surface area contributed by atoms with E-state index in [1.165, 1.54) is 30.4 Å². The van der Waals surface area contributed by atoms with Crippen molar-refractivity contribution >= 4 is 46.8 Å². The topological polar surface area (TPSA) is 86.6 Å². The third-order valence-electron chi connectivity index (χ3n) is 2.87. The van der Waals surface area contributed by atoms with Crippen molar-refractivity contribution in [1.29, 1.82) is 0 Å². The zero-order valence-corrected chi connectivity index (χ0v) is 13.1. The zero-order chi connectivity index (χ0) is 17.0. The molecule has 0 fully saturated rings. The molecule has 2 rings (SSSR count). The number of hydrogen-bond donors (Lipinski definition) is 3. The molecule has 0 saturated heterocycles. The number of phenols is 1. The molecular formula is C16H11Cl2NO4. The molecule has 118 valence electrons. The van der Waals surface area contributed by atoms with Gasteiger partial charge in [0.2, 0.25) is 5.91 Å². The summed E-state index contributed by atoms with van der Waals surface area (Å²) >= 11 is 11.7. The first kappa shape index (κ1) is 16.9. The van der Waals surface area contributed by atoms with Gasteiger partial charge in [-0.15, -0.1) is 0 Å². The number of amides is 1. The average molecular weight is 352 g/mol. The Kier molecular flexibility index (Phi) is 5.26. The van der Waals surface area contributed by atoms with Gasteiger partial charge >= 0.3 is 5.97 Å². The Labute approximate surface area is 141 Å². The molecule has 5 nitrogen and oxygen atoms in total. The minimum atomic E-state index is -1.16. The van der Waals surface area contributed by atoms with E-state index in [2.05, 4.69) is 5.32 Å². The van der Waals surface area contributed by atoms with Gasteiger partial charge in [-0.1, -0.05) is 29.3 Å². The number of anilines is 1. The van der Waals surface area contributed by atoms with E-state index in [4.69, 9.17) is 28.3 Å². The maximum Gasteiger partial charge on any atom is 0.335 e. The monoisotopic (exact) mass is 351 g/mol. The number of carboxylic acid groups (broad SMARTS) is 1. The highest BCUT2D eigenvalue weighted by molar-refractivity contribution is 6.42. The number of carbonyl (C=O) groups excluding carboxylic acids is 1. The van der Waals surface area contributed by atoms with Crippen LogP contribution in [0.4, 0.5) is 5.69 Å². The van der Waals surface area contributed by atoms with Crippen LogP contribution in [-0.2, 0) is 4.79 Å². The maximum absolute atomic E-state index is 11.9. The molecule has 0 aliphatic heterocycles. The second kappa shape index (κ2) is 7.17. The van der Waals surface area contributed by atoms with Crippen LogP contribution in [0, 0.1) is 0 Å². The number of halogens is 2. The van der Waals surface area contributed by atoms with Crippen molar-refractivity contribution in [3.8, 4) is 5.75 Å². The van der Waals surface area contributed by atoms with Crippen molar-refractivity contribution in [1.82, 2.24) is 0 Å². The molecule has 0 atom stereocenters. The second-order valence-corrected chi connectivity index (χ2v) is 5.35. The van der Waals surface area contributed by atoms with Gasteiger partial charge in [-0.3, -0.25) is 4.79 Å². The molecule has 0 bridgehead atoms.